The molecule has 140 valence electrons. The van der Waals surface area contributed by atoms with Crippen LogP contribution in [0.1, 0.15) is 29.8 Å². The standard InChI is InChI=1S/C21H21NO4S/c1-3-25-21(23)18-13-22-19-11-10-16(12-17(19)20(18)27(24)4-2)26-14-15-8-6-5-7-9-15/h5-13H,3-4,14H2,1-2H3. The molecular formula is C21H21NO4S. The second-order valence-electron chi connectivity index (χ2n) is 5.81. The Kier molecular flexibility index (Phi) is 6.19. The lowest BCUT2D eigenvalue weighted by Gasteiger charge is -2.12. The molecule has 27 heavy (non-hydrogen) atoms. The van der Waals surface area contributed by atoms with Crippen molar-refractivity contribution in [2.24, 2.45) is 0 Å². The Morgan fingerprint density at radius 3 is 2.59 bits per heavy atom. The summed E-state index contributed by atoms with van der Waals surface area (Å²) >= 11 is 0. The van der Waals surface area contributed by atoms with Crippen LogP contribution in [-0.2, 0) is 22.1 Å². The van der Waals surface area contributed by atoms with Crippen molar-refractivity contribution < 1.29 is 18.5 Å². The van der Waals surface area contributed by atoms with Crippen LogP contribution in [0.2, 0.25) is 0 Å². The number of carbonyl (C=O) groups is 1. The minimum Gasteiger partial charge on any atom is -0.489 e. The van der Waals surface area contributed by atoms with Gasteiger partial charge in [-0.15, -0.1) is 0 Å². The fourth-order valence-electron chi connectivity index (χ4n) is 2.72. The number of esters is 1. The lowest BCUT2D eigenvalue weighted by molar-refractivity contribution is 0.0522. The van der Waals surface area contributed by atoms with Crippen LogP contribution in [0.5, 0.6) is 5.75 Å². The fraction of sp³-hybridized carbons (Fsp3) is 0.238. The van der Waals surface area contributed by atoms with E-state index in [9.17, 15) is 9.00 Å². The summed E-state index contributed by atoms with van der Waals surface area (Å²) in [6, 6.07) is 15.2. The minimum absolute atomic E-state index is 0.241. The van der Waals surface area contributed by atoms with Crippen LogP contribution in [0.4, 0.5) is 0 Å². The van der Waals surface area contributed by atoms with Crippen molar-refractivity contribution in [3.63, 3.8) is 0 Å². The van der Waals surface area contributed by atoms with Gasteiger partial charge in [-0.3, -0.25) is 9.19 Å². The van der Waals surface area contributed by atoms with Crippen molar-refractivity contribution in [2.45, 2.75) is 25.3 Å². The van der Waals surface area contributed by atoms with E-state index < -0.39 is 16.8 Å². The van der Waals surface area contributed by atoms with Gasteiger partial charge in [0.15, 0.2) is 0 Å². The average Bonchev–Trinajstić information content (AvgIpc) is 2.71. The number of carbonyl (C=O) groups excluding carboxylic acids is 1. The van der Waals surface area contributed by atoms with Crippen molar-refractivity contribution in [3.05, 3.63) is 65.9 Å². The Hall–Kier alpha value is -2.73. The molecule has 1 atom stereocenters. The van der Waals surface area contributed by atoms with E-state index in [4.69, 9.17) is 9.47 Å². The van der Waals surface area contributed by atoms with E-state index in [1.165, 1.54) is 6.20 Å². The van der Waals surface area contributed by atoms with Gasteiger partial charge < -0.3 is 9.47 Å². The van der Waals surface area contributed by atoms with Gasteiger partial charge in [0.2, 0.25) is 0 Å². The van der Waals surface area contributed by atoms with E-state index >= 15 is 0 Å². The lowest BCUT2D eigenvalue weighted by atomic mass is 10.1. The van der Waals surface area contributed by atoms with Gasteiger partial charge in [0.25, 0.3) is 0 Å². The predicted molar refractivity (Wildman–Crippen MR) is 105 cm³/mol. The third-order valence-corrected chi connectivity index (χ3v) is 5.44. The van der Waals surface area contributed by atoms with Gasteiger partial charge in [-0.05, 0) is 30.7 Å². The molecule has 1 aromatic heterocycles. The number of hydrogen-bond donors (Lipinski definition) is 0. The highest BCUT2D eigenvalue weighted by Crippen LogP contribution is 2.29. The highest BCUT2D eigenvalue weighted by molar-refractivity contribution is 7.85. The molecule has 0 fully saturated rings. The van der Waals surface area contributed by atoms with Gasteiger partial charge in [-0.25, -0.2) is 4.79 Å². The first kappa shape index (κ1) is 19.0. The third kappa shape index (κ3) is 4.34. The van der Waals surface area contributed by atoms with Crippen LogP contribution in [0, 0.1) is 0 Å². The summed E-state index contributed by atoms with van der Waals surface area (Å²) in [5, 5.41) is 0.645. The molecule has 0 saturated heterocycles. The Bertz CT molecular complexity index is 973. The number of nitrogens with zero attached hydrogens (tertiary/aromatic N) is 1. The fourth-order valence-corrected chi connectivity index (χ4v) is 3.80. The molecule has 0 aliphatic carbocycles. The monoisotopic (exact) mass is 383 g/mol. The first-order valence-electron chi connectivity index (χ1n) is 8.79. The topological polar surface area (TPSA) is 65.5 Å². The lowest BCUT2D eigenvalue weighted by Crippen LogP contribution is -2.11. The van der Waals surface area contributed by atoms with Crippen molar-refractivity contribution >= 4 is 27.7 Å². The molecular weight excluding hydrogens is 362 g/mol. The molecule has 1 unspecified atom stereocenters. The van der Waals surface area contributed by atoms with E-state index in [2.05, 4.69) is 4.98 Å². The summed E-state index contributed by atoms with van der Waals surface area (Å²) in [7, 11) is -1.35. The number of rotatable bonds is 7. The largest absolute Gasteiger partial charge is 0.489 e. The molecule has 0 radical (unpaired) electrons. The normalized spacial score (nSPS) is 11.9. The van der Waals surface area contributed by atoms with Gasteiger partial charge in [0.05, 0.1) is 33.4 Å². The van der Waals surface area contributed by atoms with E-state index in [0.717, 1.165) is 5.56 Å². The average molecular weight is 383 g/mol. The number of hydrogen-bond acceptors (Lipinski definition) is 5. The van der Waals surface area contributed by atoms with Gasteiger partial charge >= 0.3 is 5.97 Å². The number of benzene rings is 2. The summed E-state index contributed by atoms with van der Waals surface area (Å²) in [5.41, 5.74) is 1.95. The van der Waals surface area contributed by atoms with Crippen molar-refractivity contribution in [3.8, 4) is 5.75 Å². The summed E-state index contributed by atoms with van der Waals surface area (Å²) in [4.78, 5) is 17.1. The molecule has 0 amide bonds. The first-order chi connectivity index (χ1) is 13.1. The molecule has 5 nitrogen and oxygen atoms in total. The smallest absolute Gasteiger partial charge is 0.340 e. The number of fused-ring (bicyclic) bond motifs is 1. The first-order valence-corrected chi connectivity index (χ1v) is 10.1. The van der Waals surface area contributed by atoms with Gasteiger partial charge in [-0.2, -0.15) is 0 Å². The molecule has 3 rings (SSSR count). The quantitative estimate of drug-likeness (QED) is 0.574. The molecule has 0 N–H and O–H groups in total. The Labute approximate surface area is 160 Å². The second-order valence-corrected chi connectivity index (χ2v) is 7.49. The molecule has 6 heteroatoms. The van der Waals surface area contributed by atoms with Crippen LogP contribution in [0.3, 0.4) is 0 Å². The molecule has 1 heterocycles. The van der Waals surface area contributed by atoms with Crippen LogP contribution in [0.25, 0.3) is 10.9 Å². The number of pyridine rings is 1. The molecule has 3 aromatic rings. The maximum atomic E-state index is 12.7. The zero-order chi connectivity index (χ0) is 19.2. The van der Waals surface area contributed by atoms with Crippen LogP contribution in [-0.4, -0.2) is 27.5 Å². The highest BCUT2D eigenvalue weighted by Gasteiger charge is 2.20. The zero-order valence-electron chi connectivity index (χ0n) is 15.3. The summed E-state index contributed by atoms with van der Waals surface area (Å²) in [5.74, 6) is 0.503. The van der Waals surface area contributed by atoms with Gasteiger partial charge in [-0.1, -0.05) is 37.3 Å². The van der Waals surface area contributed by atoms with Crippen LogP contribution in [0.15, 0.2) is 59.6 Å². The van der Waals surface area contributed by atoms with Crippen LogP contribution >= 0.6 is 0 Å². The zero-order valence-corrected chi connectivity index (χ0v) is 16.1. The molecule has 0 spiro atoms. The summed E-state index contributed by atoms with van der Waals surface area (Å²) in [6.45, 7) is 4.21. The Balaban J connectivity index is 2.02. The number of aromatic nitrogens is 1. The minimum atomic E-state index is -1.35. The van der Waals surface area contributed by atoms with E-state index in [1.54, 1.807) is 19.1 Å². The van der Waals surface area contributed by atoms with E-state index in [1.807, 2.05) is 43.3 Å². The Morgan fingerprint density at radius 2 is 1.89 bits per heavy atom. The summed E-state index contributed by atoms with van der Waals surface area (Å²) < 4.78 is 23.7. The van der Waals surface area contributed by atoms with Crippen molar-refractivity contribution in [1.29, 1.82) is 0 Å². The second kappa shape index (κ2) is 8.77. The van der Waals surface area contributed by atoms with Crippen molar-refractivity contribution in [1.82, 2.24) is 4.98 Å². The highest BCUT2D eigenvalue weighted by atomic mass is 32.2. The maximum Gasteiger partial charge on any atom is 0.340 e. The molecule has 0 aliphatic heterocycles. The Morgan fingerprint density at radius 1 is 1.11 bits per heavy atom. The van der Waals surface area contributed by atoms with Gasteiger partial charge in [0.1, 0.15) is 12.4 Å². The van der Waals surface area contributed by atoms with Gasteiger partial charge in [0, 0.05) is 17.3 Å². The molecule has 0 saturated carbocycles. The number of ether oxygens (including phenoxy) is 2. The molecule has 0 aliphatic rings. The van der Waals surface area contributed by atoms with E-state index in [-0.39, 0.29) is 12.2 Å². The maximum absolute atomic E-state index is 12.7. The third-order valence-electron chi connectivity index (χ3n) is 4.02. The van der Waals surface area contributed by atoms with Crippen molar-refractivity contribution in [2.75, 3.05) is 12.4 Å². The SMILES string of the molecule is CCOC(=O)c1cnc2ccc(OCc3ccccc3)cc2c1S(=O)CC. The molecule has 0 bridgehead atoms. The molecule has 2 aromatic carbocycles. The van der Waals surface area contributed by atoms with E-state index in [0.29, 0.717) is 33.9 Å². The predicted octanol–water partition coefficient (Wildman–Crippen LogP) is 4.12. The van der Waals surface area contributed by atoms with Crippen LogP contribution < -0.4 is 4.74 Å². The summed E-state index contributed by atoms with van der Waals surface area (Å²) in [6.07, 6.45) is 1.44.